The van der Waals surface area contributed by atoms with Crippen molar-refractivity contribution in [2.75, 3.05) is 5.28 Å². The second-order valence-corrected chi connectivity index (χ2v) is 0.866. The van der Waals surface area contributed by atoms with E-state index in [4.69, 9.17) is 15.1 Å². The molecule has 0 aromatic rings. The van der Waals surface area contributed by atoms with Gasteiger partial charge in [-0.1, -0.05) is 35.5 Å². The van der Waals surface area contributed by atoms with Crippen LogP contribution in [-0.4, -0.2) is 5.28 Å². The molecule has 0 saturated heterocycles. The summed E-state index contributed by atoms with van der Waals surface area (Å²) in [6.45, 7) is -3.41. The van der Waals surface area contributed by atoms with Crippen molar-refractivity contribution in [2.24, 2.45) is 0 Å². The average Bonchev–Trinajstić information content (AvgIpc) is 1.98. The molecule has 0 unspecified atom stereocenters. The highest BCUT2D eigenvalue weighted by atomic mass is 79.9. The summed E-state index contributed by atoms with van der Waals surface area (Å²) in [5.41, 5.74) is 0. The van der Waals surface area contributed by atoms with Crippen LogP contribution in [0.5, 0.6) is 0 Å². The first-order valence-electron chi connectivity index (χ1n) is 6.69. The van der Waals surface area contributed by atoms with E-state index in [0.29, 0.717) is 0 Å². The van der Waals surface area contributed by atoms with Gasteiger partial charge in [-0.15, -0.1) is 0 Å². The van der Waals surface area contributed by atoms with Gasteiger partial charge in [0.2, 0.25) is 0 Å². The minimum absolute atomic E-state index is 2.26. The van der Waals surface area contributed by atoms with Gasteiger partial charge in [0.05, 0.1) is 0 Å². The first kappa shape index (κ1) is 0.717. The molecule has 1 heteroatoms. The lowest BCUT2D eigenvalue weighted by Gasteiger charge is -1.85. The molecule has 0 aromatic carbocycles. The normalized spacial score (nSPS) is 47.8. The van der Waals surface area contributed by atoms with Crippen molar-refractivity contribution in [2.45, 2.75) is 26.0 Å². The van der Waals surface area contributed by atoms with Crippen molar-refractivity contribution >= 4 is 15.9 Å². The van der Waals surface area contributed by atoms with E-state index in [1.807, 2.05) is 0 Å². The van der Waals surface area contributed by atoms with Crippen molar-refractivity contribution in [3.05, 3.63) is 0 Å². The lowest BCUT2D eigenvalue weighted by Crippen LogP contribution is -1.70. The van der Waals surface area contributed by atoms with Crippen LogP contribution < -0.4 is 0 Å². The van der Waals surface area contributed by atoms with E-state index < -0.39 is 31.3 Å². The van der Waals surface area contributed by atoms with E-state index in [-0.39, 0.29) is 0 Å². The van der Waals surface area contributed by atoms with Crippen molar-refractivity contribution in [1.29, 1.82) is 0 Å². The topological polar surface area (TPSA) is 0 Å². The standard InChI is InChI=1S/C5H11Br/c1-2-3-4-5-6/h2-5H2,1H3/i1D3,2D2,3D2,4D2,5D2. The summed E-state index contributed by atoms with van der Waals surface area (Å²) in [6, 6.07) is 0. The molecule has 0 N–H and O–H groups in total. The third-order valence-electron chi connectivity index (χ3n) is 0.172. The molecule has 0 saturated carbocycles. The molecule has 0 aliphatic rings. The number of hydrogen-bond acceptors (Lipinski definition) is 0. The molecule has 0 atom stereocenters. The summed E-state index contributed by atoms with van der Waals surface area (Å²) >= 11 is 2.26. The van der Waals surface area contributed by atoms with Gasteiger partial charge in [0.1, 0.15) is 0 Å². The molecule has 0 bridgehead atoms. The maximum absolute atomic E-state index is 7.33. The average molecular weight is 162 g/mol. The molecule has 0 amide bonds. The van der Waals surface area contributed by atoms with Crippen LogP contribution in [0.4, 0.5) is 0 Å². The Bertz CT molecular complexity index is 255. The van der Waals surface area contributed by atoms with Crippen LogP contribution in [0.1, 0.15) is 41.0 Å². The molecule has 0 aliphatic carbocycles. The molecule has 0 aromatic heterocycles. The highest BCUT2D eigenvalue weighted by Crippen LogP contribution is 1.95. The summed E-state index contributed by atoms with van der Waals surface area (Å²) < 4.78 is 78.5. The van der Waals surface area contributed by atoms with Crippen LogP contribution in [-0.2, 0) is 0 Å². The van der Waals surface area contributed by atoms with E-state index in [1.54, 1.807) is 0 Å². The zero-order valence-corrected chi connectivity index (χ0v) is 4.46. The smallest absolute Gasteiger partial charge is 0.0387 e. The molecular weight excluding hydrogens is 140 g/mol. The van der Waals surface area contributed by atoms with Gasteiger partial charge in [0.15, 0.2) is 0 Å². The van der Waals surface area contributed by atoms with E-state index in [2.05, 4.69) is 15.9 Å². The number of alkyl halides is 1. The Labute approximate surface area is 63.5 Å². The minimum Gasteiger partial charge on any atom is -0.0928 e. The van der Waals surface area contributed by atoms with E-state index >= 15 is 0 Å². The van der Waals surface area contributed by atoms with Crippen LogP contribution in [0.2, 0.25) is 0 Å². The van der Waals surface area contributed by atoms with Gasteiger partial charge in [-0.25, -0.2) is 0 Å². The second-order valence-electron chi connectivity index (χ2n) is 0.469. The lowest BCUT2D eigenvalue weighted by molar-refractivity contribution is 0.781. The molecule has 0 radical (unpaired) electrons. The lowest BCUT2D eigenvalue weighted by atomic mass is 10.3. The summed E-state index contributed by atoms with van der Waals surface area (Å²) in [5, 5.41) is -2.91. The highest BCUT2D eigenvalue weighted by molar-refractivity contribution is 9.09. The van der Waals surface area contributed by atoms with Crippen LogP contribution in [0, 0.1) is 0 Å². The van der Waals surface area contributed by atoms with Gasteiger partial charge < -0.3 is 0 Å². The van der Waals surface area contributed by atoms with E-state index in [1.165, 1.54) is 0 Å². The van der Waals surface area contributed by atoms with Crippen molar-refractivity contribution in [3.8, 4) is 0 Å². The van der Waals surface area contributed by atoms with Gasteiger partial charge in [0, 0.05) is 20.4 Å². The van der Waals surface area contributed by atoms with Crippen molar-refractivity contribution in [3.63, 3.8) is 0 Å². The first-order valence-corrected chi connectivity index (χ1v) is 1.98. The molecular formula is C5H11Br. The fourth-order valence-electron chi connectivity index (χ4n) is 0.0549. The van der Waals surface area contributed by atoms with E-state index in [9.17, 15) is 0 Å². The van der Waals surface area contributed by atoms with Crippen LogP contribution >= 0.6 is 15.9 Å². The maximum atomic E-state index is 7.33. The number of rotatable bonds is 3. The Hall–Kier alpha value is 0.480. The fourth-order valence-corrected chi connectivity index (χ4v) is 0.154. The number of halogens is 1. The van der Waals surface area contributed by atoms with Gasteiger partial charge in [0.25, 0.3) is 0 Å². The summed E-state index contributed by atoms with van der Waals surface area (Å²) in [6.07, 6.45) is -10.5. The quantitative estimate of drug-likeness (QED) is 0.559. The van der Waals surface area contributed by atoms with Gasteiger partial charge in [-0.05, 0) is 6.37 Å². The molecule has 0 spiro atoms. The Morgan fingerprint density at radius 3 is 3.17 bits per heavy atom. The Morgan fingerprint density at radius 2 is 2.67 bits per heavy atom. The second kappa shape index (κ2) is 5.48. The predicted octanol–water partition coefficient (Wildman–Crippen LogP) is 2.57. The third kappa shape index (κ3) is 4.48. The maximum Gasteiger partial charge on any atom is 0.0387 e. The Morgan fingerprint density at radius 1 is 1.83 bits per heavy atom. The SMILES string of the molecule is [2H]C([2H])([2H])C([2H])([2H])C([2H])([2H])C([2H])([2H])C([2H])([2H])Br. The molecule has 0 rings (SSSR count). The number of hydrogen-bond donors (Lipinski definition) is 0. The molecule has 0 heterocycles. The van der Waals surface area contributed by atoms with Gasteiger partial charge in [-0.3, -0.25) is 0 Å². The zero-order valence-electron chi connectivity index (χ0n) is 13.9. The van der Waals surface area contributed by atoms with Crippen LogP contribution in [0.3, 0.4) is 0 Å². The molecule has 6 heavy (non-hydrogen) atoms. The van der Waals surface area contributed by atoms with Crippen molar-refractivity contribution < 1.29 is 15.1 Å². The Kier molecular flexibility index (Phi) is 0.654. The fraction of sp³-hybridized carbons (Fsp3) is 1.00. The molecule has 0 aliphatic heterocycles. The third-order valence-corrected chi connectivity index (χ3v) is 0.370. The zero-order chi connectivity index (χ0) is 14.5. The van der Waals surface area contributed by atoms with Crippen LogP contribution in [0.25, 0.3) is 0 Å². The summed E-state index contributed by atoms with van der Waals surface area (Å²) in [5.74, 6) is 0. The first-order chi connectivity index (χ1) is 7.00. The molecule has 38 valence electrons. The van der Waals surface area contributed by atoms with Gasteiger partial charge in [-0.2, -0.15) is 0 Å². The largest absolute Gasteiger partial charge is 0.0928 e. The summed E-state index contributed by atoms with van der Waals surface area (Å²) in [7, 11) is 0. The van der Waals surface area contributed by atoms with Crippen molar-refractivity contribution in [1.82, 2.24) is 0 Å². The molecule has 0 fully saturated rings. The monoisotopic (exact) mass is 161 g/mol. The predicted molar refractivity (Wildman–Crippen MR) is 33.3 cm³/mol. The molecule has 0 nitrogen and oxygen atoms in total. The van der Waals surface area contributed by atoms with Crippen LogP contribution in [0.15, 0.2) is 0 Å². The van der Waals surface area contributed by atoms with Gasteiger partial charge >= 0.3 is 0 Å². The Balaban J connectivity index is 5.73. The summed E-state index contributed by atoms with van der Waals surface area (Å²) in [4.78, 5) is 0. The highest BCUT2D eigenvalue weighted by Gasteiger charge is 1.76. The minimum atomic E-state index is -3.56. The van der Waals surface area contributed by atoms with E-state index in [0.717, 1.165) is 0 Å².